The van der Waals surface area contributed by atoms with Crippen molar-refractivity contribution in [2.45, 2.75) is 5.03 Å². The van der Waals surface area contributed by atoms with E-state index in [0.717, 1.165) is 10.2 Å². The van der Waals surface area contributed by atoms with E-state index < -0.39 is 11.9 Å². The minimum Gasteiger partial charge on any atom is -0.452 e. The Balaban J connectivity index is 1.60. The quantitative estimate of drug-likeness (QED) is 0.556. The molecule has 2 heterocycles. The van der Waals surface area contributed by atoms with E-state index in [1.54, 1.807) is 18.3 Å². The molecule has 0 aliphatic rings. The molecule has 0 aliphatic heterocycles. The van der Waals surface area contributed by atoms with Crippen LogP contribution in [-0.2, 0) is 9.53 Å². The third kappa shape index (κ3) is 3.72. The van der Waals surface area contributed by atoms with Gasteiger partial charge < -0.3 is 4.74 Å². The van der Waals surface area contributed by atoms with Gasteiger partial charge in [-0.05, 0) is 30.5 Å². The third-order valence-corrected chi connectivity index (χ3v) is 4.72. The van der Waals surface area contributed by atoms with Crippen molar-refractivity contribution in [1.82, 2.24) is 9.97 Å². The van der Waals surface area contributed by atoms with Gasteiger partial charge in [-0.1, -0.05) is 23.5 Å². The number of nitrogens with one attached hydrogen (secondary N) is 1. The molecule has 6 nitrogen and oxygen atoms in total. The summed E-state index contributed by atoms with van der Waals surface area (Å²) in [5.41, 5.74) is 1.16. The maximum absolute atomic E-state index is 12.1. The Kier molecular flexibility index (Phi) is 5.07. The number of anilines is 1. The van der Waals surface area contributed by atoms with Crippen molar-refractivity contribution in [3.05, 3.63) is 48.2 Å². The van der Waals surface area contributed by atoms with Crippen molar-refractivity contribution in [2.24, 2.45) is 0 Å². The number of carbonyl (C=O) groups excluding carboxylic acids is 2. The number of benzene rings is 1. The minimum atomic E-state index is -0.577. The second kappa shape index (κ2) is 7.41. The zero-order valence-corrected chi connectivity index (χ0v) is 14.3. The fourth-order valence-corrected chi connectivity index (χ4v) is 3.42. The normalized spacial score (nSPS) is 10.5. The number of fused-ring (bicyclic) bond motifs is 1. The van der Waals surface area contributed by atoms with Crippen LogP contribution < -0.4 is 5.32 Å². The lowest BCUT2D eigenvalue weighted by molar-refractivity contribution is -0.119. The van der Waals surface area contributed by atoms with Gasteiger partial charge in [0.15, 0.2) is 11.7 Å². The average molecular weight is 359 g/mol. The van der Waals surface area contributed by atoms with Crippen LogP contribution in [0.5, 0.6) is 0 Å². The number of amides is 1. The fourth-order valence-electron chi connectivity index (χ4n) is 2.00. The number of ether oxygens (including phenoxy) is 1. The Labute approximate surface area is 146 Å². The highest BCUT2D eigenvalue weighted by Gasteiger charge is 2.15. The highest BCUT2D eigenvalue weighted by molar-refractivity contribution is 7.98. The van der Waals surface area contributed by atoms with Gasteiger partial charge in [-0.25, -0.2) is 14.8 Å². The number of esters is 1. The summed E-state index contributed by atoms with van der Waals surface area (Å²) in [4.78, 5) is 32.4. The van der Waals surface area contributed by atoms with Crippen LogP contribution in [0, 0.1) is 0 Å². The van der Waals surface area contributed by atoms with E-state index in [1.165, 1.54) is 23.1 Å². The highest BCUT2D eigenvalue weighted by Crippen LogP contribution is 2.25. The van der Waals surface area contributed by atoms with Gasteiger partial charge in [0, 0.05) is 6.20 Å². The Morgan fingerprint density at radius 2 is 2.08 bits per heavy atom. The van der Waals surface area contributed by atoms with E-state index in [9.17, 15) is 9.59 Å². The Morgan fingerprint density at radius 3 is 2.88 bits per heavy atom. The zero-order valence-electron chi connectivity index (χ0n) is 12.7. The van der Waals surface area contributed by atoms with E-state index in [4.69, 9.17) is 4.74 Å². The zero-order chi connectivity index (χ0) is 16.9. The van der Waals surface area contributed by atoms with E-state index in [-0.39, 0.29) is 6.61 Å². The molecule has 0 saturated carbocycles. The summed E-state index contributed by atoms with van der Waals surface area (Å²) in [7, 11) is 0. The smallest absolute Gasteiger partial charge is 0.341 e. The number of carbonyl (C=O) groups is 2. The van der Waals surface area contributed by atoms with E-state index in [0.29, 0.717) is 15.7 Å². The van der Waals surface area contributed by atoms with Crippen molar-refractivity contribution in [2.75, 3.05) is 18.2 Å². The average Bonchev–Trinajstić information content (AvgIpc) is 3.01. The molecule has 122 valence electrons. The van der Waals surface area contributed by atoms with Gasteiger partial charge in [0.2, 0.25) is 0 Å². The fraction of sp³-hybridized carbons (Fsp3) is 0.125. The molecule has 2 aromatic heterocycles. The number of nitrogens with zero attached hydrogens (tertiary/aromatic N) is 2. The number of pyridine rings is 1. The van der Waals surface area contributed by atoms with E-state index in [2.05, 4.69) is 15.3 Å². The van der Waals surface area contributed by atoms with Crippen LogP contribution in [0.25, 0.3) is 10.2 Å². The van der Waals surface area contributed by atoms with Crippen molar-refractivity contribution in [1.29, 1.82) is 0 Å². The molecule has 0 saturated heterocycles. The van der Waals surface area contributed by atoms with Gasteiger partial charge in [0.1, 0.15) is 5.03 Å². The predicted molar refractivity (Wildman–Crippen MR) is 94.6 cm³/mol. The Bertz CT molecular complexity index is 862. The lowest BCUT2D eigenvalue weighted by Crippen LogP contribution is -2.21. The van der Waals surface area contributed by atoms with Crippen LogP contribution in [0.1, 0.15) is 10.4 Å². The SMILES string of the molecule is CSc1ncccc1C(=O)OCC(=O)Nc1nc2ccccc2s1. The molecular weight excluding hydrogens is 346 g/mol. The number of para-hydroxylation sites is 1. The molecule has 1 N–H and O–H groups in total. The summed E-state index contributed by atoms with van der Waals surface area (Å²) in [5, 5.41) is 3.68. The first kappa shape index (κ1) is 16.4. The molecule has 24 heavy (non-hydrogen) atoms. The first-order valence-corrected chi connectivity index (χ1v) is 9.03. The molecule has 0 aliphatic carbocycles. The topological polar surface area (TPSA) is 81.2 Å². The molecule has 3 aromatic rings. The van der Waals surface area contributed by atoms with Gasteiger partial charge in [0.25, 0.3) is 5.91 Å². The summed E-state index contributed by atoms with van der Waals surface area (Å²) < 4.78 is 6.03. The van der Waals surface area contributed by atoms with Gasteiger partial charge >= 0.3 is 5.97 Å². The number of hydrogen-bond acceptors (Lipinski definition) is 7. The number of aromatic nitrogens is 2. The van der Waals surface area contributed by atoms with Gasteiger partial charge in [-0.3, -0.25) is 10.1 Å². The molecule has 0 radical (unpaired) electrons. The summed E-state index contributed by atoms with van der Waals surface area (Å²) in [6.07, 6.45) is 3.42. The van der Waals surface area contributed by atoms with Crippen LogP contribution in [0.15, 0.2) is 47.6 Å². The summed E-state index contributed by atoms with van der Waals surface area (Å²) in [5.74, 6) is -1.01. The standard InChI is InChI=1S/C16H13N3O3S2/c1-23-14-10(5-4-8-17-14)15(21)22-9-13(20)19-16-18-11-6-2-3-7-12(11)24-16/h2-8H,9H2,1H3,(H,18,19,20). The van der Waals surface area contributed by atoms with Crippen molar-refractivity contribution < 1.29 is 14.3 Å². The number of thioether (sulfide) groups is 1. The second-order valence-corrected chi connectivity index (χ2v) is 6.50. The predicted octanol–water partition coefficient (Wildman–Crippen LogP) is 3.21. The summed E-state index contributed by atoms with van der Waals surface area (Å²) in [6.45, 7) is -0.378. The molecule has 1 amide bonds. The van der Waals surface area contributed by atoms with Crippen molar-refractivity contribution in [3.8, 4) is 0 Å². The summed E-state index contributed by atoms with van der Waals surface area (Å²) in [6, 6.07) is 10.9. The first-order valence-electron chi connectivity index (χ1n) is 6.99. The van der Waals surface area contributed by atoms with Gasteiger partial charge in [-0.15, -0.1) is 11.8 Å². The van der Waals surface area contributed by atoms with Crippen molar-refractivity contribution >= 4 is 50.3 Å². The van der Waals surface area contributed by atoms with Crippen molar-refractivity contribution in [3.63, 3.8) is 0 Å². The molecule has 0 fully saturated rings. The molecule has 0 atom stereocenters. The second-order valence-electron chi connectivity index (χ2n) is 4.67. The van der Waals surface area contributed by atoms with Crippen LogP contribution in [-0.4, -0.2) is 34.7 Å². The number of hydrogen-bond donors (Lipinski definition) is 1. The largest absolute Gasteiger partial charge is 0.452 e. The Morgan fingerprint density at radius 1 is 1.25 bits per heavy atom. The molecule has 8 heteroatoms. The lowest BCUT2D eigenvalue weighted by atomic mass is 10.3. The maximum Gasteiger partial charge on any atom is 0.341 e. The molecular formula is C16H13N3O3S2. The third-order valence-electron chi connectivity index (χ3n) is 3.06. The maximum atomic E-state index is 12.1. The van der Waals surface area contributed by atoms with Crippen LogP contribution in [0.3, 0.4) is 0 Å². The monoisotopic (exact) mass is 359 g/mol. The number of thiazole rings is 1. The van der Waals surface area contributed by atoms with E-state index >= 15 is 0 Å². The minimum absolute atomic E-state index is 0.345. The van der Waals surface area contributed by atoms with E-state index in [1.807, 2.05) is 30.5 Å². The van der Waals surface area contributed by atoms with Crippen LogP contribution in [0.2, 0.25) is 0 Å². The van der Waals surface area contributed by atoms with Crippen LogP contribution >= 0.6 is 23.1 Å². The van der Waals surface area contributed by atoms with Crippen LogP contribution in [0.4, 0.5) is 5.13 Å². The number of rotatable bonds is 5. The molecule has 0 spiro atoms. The van der Waals surface area contributed by atoms with Gasteiger partial charge in [0.05, 0.1) is 15.8 Å². The highest BCUT2D eigenvalue weighted by atomic mass is 32.2. The lowest BCUT2D eigenvalue weighted by Gasteiger charge is -2.06. The molecule has 0 unspecified atom stereocenters. The first-order chi connectivity index (χ1) is 11.7. The molecule has 0 bridgehead atoms. The summed E-state index contributed by atoms with van der Waals surface area (Å²) >= 11 is 2.71. The Hall–Kier alpha value is -2.45. The molecule has 1 aromatic carbocycles. The molecule has 3 rings (SSSR count). The van der Waals surface area contributed by atoms with Gasteiger partial charge in [-0.2, -0.15) is 0 Å².